The molecule has 1 fully saturated rings. The molecule has 70 valence electrons. The van der Waals surface area contributed by atoms with Crippen molar-refractivity contribution in [1.29, 1.82) is 0 Å². The zero-order valence-corrected chi connectivity index (χ0v) is 7.81. The van der Waals surface area contributed by atoms with Gasteiger partial charge in [0.05, 0.1) is 10.6 Å². The lowest BCUT2D eigenvalue weighted by molar-refractivity contribution is -0.0388. The van der Waals surface area contributed by atoms with Crippen LogP contribution in [-0.4, -0.2) is 5.11 Å². The third kappa shape index (κ3) is 1.45. The van der Waals surface area contributed by atoms with Crippen LogP contribution in [0.2, 0.25) is 5.02 Å². The fourth-order valence-corrected chi connectivity index (χ4v) is 1.77. The molecule has 1 aliphatic rings. The average Bonchev–Trinajstić information content (AvgIpc) is 2.06. The zero-order chi connectivity index (χ0) is 9.47. The third-order valence-corrected chi connectivity index (χ3v) is 2.93. The van der Waals surface area contributed by atoms with E-state index < -0.39 is 11.4 Å². The number of hydrogen-bond acceptors (Lipinski definition) is 1. The van der Waals surface area contributed by atoms with Gasteiger partial charge in [-0.2, -0.15) is 0 Å². The molecule has 0 spiro atoms. The van der Waals surface area contributed by atoms with Gasteiger partial charge < -0.3 is 5.11 Å². The monoisotopic (exact) mass is 200 g/mol. The maximum Gasteiger partial charge on any atom is 0.141 e. The number of aliphatic hydroxyl groups is 1. The molecule has 13 heavy (non-hydrogen) atoms. The molecule has 0 aromatic heterocycles. The van der Waals surface area contributed by atoms with E-state index in [1.807, 2.05) is 0 Å². The number of benzene rings is 1. The largest absolute Gasteiger partial charge is 0.385 e. The Bertz CT molecular complexity index is 334. The smallest absolute Gasteiger partial charge is 0.141 e. The van der Waals surface area contributed by atoms with E-state index in [0.717, 1.165) is 24.8 Å². The molecule has 0 aliphatic heterocycles. The van der Waals surface area contributed by atoms with Crippen molar-refractivity contribution in [2.75, 3.05) is 0 Å². The van der Waals surface area contributed by atoms with Gasteiger partial charge in [0.15, 0.2) is 0 Å². The van der Waals surface area contributed by atoms with Crippen molar-refractivity contribution in [3.63, 3.8) is 0 Å². The standard InChI is InChI=1S/C10H10ClFO/c11-8-6-7(2-3-9(8)12)10(13)4-1-5-10/h2-3,6,13H,1,4-5H2. The maximum absolute atomic E-state index is 12.8. The van der Waals surface area contributed by atoms with Crippen molar-refractivity contribution in [1.82, 2.24) is 0 Å². The fourth-order valence-electron chi connectivity index (χ4n) is 1.59. The van der Waals surface area contributed by atoms with Gasteiger partial charge in [-0.1, -0.05) is 17.7 Å². The second-order valence-corrected chi connectivity index (χ2v) is 3.92. The Morgan fingerprint density at radius 2 is 2.08 bits per heavy atom. The summed E-state index contributed by atoms with van der Waals surface area (Å²) in [6, 6.07) is 4.41. The first kappa shape index (κ1) is 8.97. The van der Waals surface area contributed by atoms with Gasteiger partial charge in [-0.3, -0.25) is 0 Å². The van der Waals surface area contributed by atoms with E-state index in [1.165, 1.54) is 12.1 Å². The van der Waals surface area contributed by atoms with Crippen LogP contribution in [0.4, 0.5) is 4.39 Å². The molecule has 3 heteroatoms. The van der Waals surface area contributed by atoms with Gasteiger partial charge in [0.2, 0.25) is 0 Å². The van der Waals surface area contributed by atoms with Gasteiger partial charge in [-0.25, -0.2) is 4.39 Å². The highest BCUT2D eigenvalue weighted by Crippen LogP contribution is 2.41. The first-order chi connectivity index (χ1) is 6.12. The van der Waals surface area contributed by atoms with Gasteiger partial charge in [0, 0.05) is 0 Å². The molecule has 1 N–H and O–H groups in total. The van der Waals surface area contributed by atoms with Crippen molar-refractivity contribution in [2.24, 2.45) is 0 Å². The Kier molecular flexibility index (Phi) is 2.05. The van der Waals surface area contributed by atoms with Crippen LogP contribution in [0.1, 0.15) is 24.8 Å². The molecule has 0 amide bonds. The van der Waals surface area contributed by atoms with Gasteiger partial charge in [0.1, 0.15) is 5.82 Å². The summed E-state index contributed by atoms with van der Waals surface area (Å²) in [5, 5.41) is 10.00. The van der Waals surface area contributed by atoms with Crippen molar-refractivity contribution in [3.05, 3.63) is 34.6 Å². The molecule has 1 aliphatic carbocycles. The molecule has 0 atom stereocenters. The summed E-state index contributed by atoms with van der Waals surface area (Å²) in [7, 11) is 0. The van der Waals surface area contributed by atoms with Crippen LogP contribution in [0.5, 0.6) is 0 Å². The van der Waals surface area contributed by atoms with Crippen LogP contribution in [0.15, 0.2) is 18.2 Å². The summed E-state index contributed by atoms with van der Waals surface area (Å²) in [4.78, 5) is 0. The topological polar surface area (TPSA) is 20.2 Å². The molecule has 0 radical (unpaired) electrons. The van der Waals surface area contributed by atoms with Crippen molar-refractivity contribution >= 4 is 11.6 Å². The SMILES string of the molecule is OC1(c2ccc(F)c(Cl)c2)CCC1. The molecular formula is C10H10ClFO. The van der Waals surface area contributed by atoms with E-state index >= 15 is 0 Å². The molecular weight excluding hydrogens is 191 g/mol. The van der Waals surface area contributed by atoms with E-state index in [1.54, 1.807) is 6.07 Å². The summed E-state index contributed by atoms with van der Waals surface area (Å²) < 4.78 is 12.8. The van der Waals surface area contributed by atoms with E-state index in [2.05, 4.69) is 0 Å². The lowest BCUT2D eigenvalue weighted by Gasteiger charge is -2.37. The van der Waals surface area contributed by atoms with Crippen molar-refractivity contribution in [2.45, 2.75) is 24.9 Å². The molecule has 1 saturated carbocycles. The van der Waals surface area contributed by atoms with Gasteiger partial charge >= 0.3 is 0 Å². The molecule has 1 aromatic carbocycles. The quantitative estimate of drug-likeness (QED) is 0.739. The summed E-state index contributed by atoms with van der Waals surface area (Å²) in [6.45, 7) is 0. The minimum Gasteiger partial charge on any atom is -0.385 e. The van der Waals surface area contributed by atoms with E-state index in [-0.39, 0.29) is 5.02 Å². The Morgan fingerprint density at radius 3 is 2.54 bits per heavy atom. The van der Waals surface area contributed by atoms with Crippen LogP contribution >= 0.6 is 11.6 Å². The molecule has 0 bridgehead atoms. The van der Waals surface area contributed by atoms with Crippen LogP contribution in [0.25, 0.3) is 0 Å². The summed E-state index contributed by atoms with van der Waals surface area (Å²) >= 11 is 5.61. The maximum atomic E-state index is 12.8. The molecule has 1 aromatic rings. The van der Waals surface area contributed by atoms with E-state index in [9.17, 15) is 9.50 Å². The van der Waals surface area contributed by atoms with Crippen LogP contribution in [-0.2, 0) is 5.60 Å². The number of hydrogen-bond donors (Lipinski definition) is 1. The number of rotatable bonds is 1. The fraction of sp³-hybridized carbons (Fsp3) is 0.400. The van der Waals surface area contributed by atoms with Gasteiger partial charge in [0.25, 0.3) is 0 Å². The third-order valence-electron chi connectivity index (χ3n) is 2.64. The van der Waals surface area contributed by atoms with E-state index in [0.29, 0.717) is 0 Å². The minimum atomic E-state index is -0.753. The highest BCUT2D eigenvalue weighted by Gasteiger charge is 2.36. The Balaban J connectivity index is 2.36. The average molecular weight is 201 g/mol. The lowest BCUT2D eigenvalue weighted by Crippen LogP contribution is -2.33. The first-order valence-corrected chi connectivity index (χ1v) is 4.67. The van der Waals surface area contributed by atoms with Crippen LogP contribution in [0, 0.1) is 5.82 Å². The van der Waals surface area contributed by atoms with Crippen LogP contribution in [0.3, 0.4) is 0 Å². The van der Waals surface area contributed by atoms with Crippen molar-refractivity contribution in [3.8, 4) is 0 Å². The molecule has 0 saturated heterocycles. The van der Waals surface area contributed by atoms with Crippen molar-refractivity contribution < 1.29 is 9.50 Å². The predicted molar refractivity (Wildman–Crippen MR) is 49.2 cm³/mol. The van der Waals surface area contributed by atoms with Gasteiger partial charge in [-0.15, -0.1) is 0 Å². The second kappa shape index (κ2) is 2.96. The Morgan fingerprint density at radius 1 is 1.38 bits per heavy atom. The second-order valence-electron chi connectivity index (χ2n) is 3.51. The molecule has 2 rings (SSSR count). The number of halogens is 2. The minimum absolute atomic E-state index is 0.0813. The zero-order valence-electron chi connectivity index (χ0n) is 7.06. The Hall–Kier alpha value is -0.600. The Labute approximate surface area is 81.1 Å². The lowest BCUT2D eigenvalue weighted by atomic mass is 9.75. The predicted octanol–water partition coefficient (Wildman–Crippen LogP) is 2.85. The first-order valence-electron chi connectivity index (χ1n) is 4.30. The highest BCUT2D eigenvalue weighted by atomic mass is 35.5. The van der Waals surface area contributed by atoms with Crippen LogP contribution < -0.4 is 0 Å². The highest BCUT2D eigenvalue weighted by molar-refractivity contribution is 6.30. The normalized spacial score (nSPS) is 19.6. The summed E-state index contributed by atoms with van der Waals surface area (Å²) in [5.74, 6) is -0.437. The molecule has 1 nitrogen and oxygen atoms in total. The van der Waals surface area contributed by atoms with Gasteiger partial charge in [-0.05, 0) is 37.0 Å². The van der Waals surface area contributed by atoms with E-state index in [4.69, 9.17) is 11.6 Å². The summed E-state index contributed by atoms with van der Waals surface area (Å²) in [5.41, 5.74) is -0.0256. The summed E-state index contributed by atoms with van der Waals surface area (Å²) in [6.07, 6.45) is 2.51. The molecule has 0 heterocycles. The molecule has 0 unspecified atom stereocenters.